The van der Waals surface area contributed by atoms with Crippen LogP contribution in [0, 0.1) is 6.92 Å². The maximum absolute atomic E-state index is 13.2. The number of aryl methyl sites for hydroxylation is 4. The number of aromatic nitrogens is 2. The van der Waals surface area contributed by atoms with Gasteiger partial charge in [0.2, 0.25) is 0 Å². The van der Waals surface area contributed by atoms with Crippen molar-refractivity contribution >= 4 is 17.0 Å². The number of methoxy groups -OCH3 is 1. The van der Waals surface area contributed by atoms with Crippen LogP contribution in [-0.4, -0.2) is 22.6 Å². The van der Waals surface area contributed by atoms with E-state index in [0.29, 0.717) is 18.0 Å². The molecule has 6 nitrogen and oxygen atoms in total. The van der Waals surface area contributed by atoms with Crippen LogP contribution in [0.15, 0.2) is 77.6 Å². The third-order valence-electron chi connectivity index (χ3n) is 5.78. The molecule has 1 aromatic heterocycles. The van der Waals surface area contributed by atoms with Crippen molar-refractivity contribution in [1.29, 1.82) is 0 Å². The molecule has 0 aliphatic heterocycles. The van der Waals surface area contributed by atoms with Crippen LogP contribution in [0.2, 0.25) is 0 Å². The van der Waals surface area contributed by atoms with E-state index in [2.05, 4.69) is 17.1 Å². The van der Waals surface area contributed by atoms with Crippen molar-refractivity contribution in [3.8, 4) is 5.75 Å². The molecule has 6 heteroatoms. The van der Waals surface area contributed by atoms with Gasteiger partial charge in [-0.05, 0) is 43.2 Å². The first kappa shape index (κ1) is 23.2. The minimum Gasteiger partial charge on any atom is -0.496 e. The van der Waals surface area contributed by atoms with Crippen LogP contribution in [-0.2, 0) is 35.5 Å². The van der Waals surface area contributed by atoms with Crippen molar-refractivity contribution in [3.63, 3.8) is 0 Å². The molecule has 0 spiro atoms. The van der Waals surface area contributed by atoms with E-state index in [-0.39, 0.29) is 31.0 Å². The topological polar surface area (TPSA) is 70.4 Å². The standard InChI is InChI=1S/C28H28N2O4/c1-20-12-14-26(33-2)22(18-20)19-34-27(31)15-13-24-28(32)30(17-16-21-8-4-3-5-9-21)25-11-7-6-10-23(25)29-24/h3-12,14,18H,13,15-17,19H2,1-2H3. The number of nitrogens with zero attached hydrogens (tertiary/aromatic N) is 2. The fraction of sp³-hybridized carbons (Fsp3) is 0.250. The predicted octanol–water partition coefficient (Wildman–Crippen LogP) is 4.63. The summed E-state index contributed by atoms with van der Waals surface area (Å²) in [4.78, 5) is 30.3. The second-order valence-corrected chi connectivity index (χ2v) is 8.22. The Morgan fingerprint density at radius 3 is 2.53 bits per heavy atom. The molecule has 34 heavy (non-hydrogen) atoms. The highest BCUT2D eigenvalue weighted by Gasteiger charge is 2.14. The Kier molecular flexibility index (Phi) is 7.38. The number of carbonyl (C=O) groups is 1. The van der Waals surface area contributed by atoms with Crippen LogP contribution < -0.4 is 10.3 Å². The molecule has 4 aromatic rings. The molecule has 0 aliphatic carbocycles. The Morgan fingerprint density at radius 1 is 0.971 bits per heavy atom. The summed E-state index contributed by atoms with van der Waals surface area (Å²) in [6.45, 7) is 2.63. The summed E-state index contributed by atoms with van der Waals surface area (Å²) in [5, 5.41) is 0. The summed E-state index contributed by atoms with van der Waals surface area (Å²) in [7, 11) is 1.59. The second-order valence-electron chi connectivity index (χ2n) is 8.22. The molecular weight excluding hydrogens is 428 g/mol. The Hall–Kier alpha value is -3.93. The van der Waals surface area contributed by atoms with Gasteiger partial charge in [0.15, 0.2) is 0 Å². The van der Waals surface area contributed by atoms with Crippen molar-refractivity contribution < 1.29 is 14.3 Å². The molecule has 0 saturated heterocycles. The highest BCUT2D eigenvalue weighted by molar-refractivity contribution is 5.75. The van der Waals surface area contributed by atoms with Crippen molar-refractivity contribution in [1.82, 2.24) is 9.55 Å². The molecule has 0 fully saturated rings. The summed E-state index contributed by atoms with van der Waals surface area (Å²) < 4.78 is 12.6. The number of benzene rings is 3. The molecule has 3 aromatic carbocycles. The lowest BCUT2D eigenvalue weighted by Crippen LogP contribution is -2.27. The Morgan fingerprint density at radius 2 is 1.74 bits per heavy atom. The number of hydrogen-bond donors (Lipinski definition) is 0. The summed E-state index contributed by atoms with van der Waals surface area (Å²) >= 11 is 0. The molecule has 0 aliphatic rings. The molecule has 174 valence electrons. The van der Waals surface area contributed by atoms with E-state index in [1.807, 2.05) is 67.6 Å². The molecule has 0 amide bonds. The zero-order valence-corrected chi connectivity index (χ0v) is 19.5. The average Bonchev–Trinajstić information content (AvgIpc) is 2.86. The Balaban J connectivity index is 1.47. The molecule has 0 atom stereocenters. The third kappa shape index (κ3) is 5.52. The van der Waals surface area contributed by atoms with Crippen molar-refractivity contribution in [2.24, 2.45) is 0 Å². The SMILES string of the molecule is COc1ccc(C)cc1COC(=O)CCc1nc2ccccc2n(CCc2ccccc2)c1=O. The van der Waals surface area contributed by atoms with Crippen LogP contribution >= 0.6 is 0 Å². The molecule has 0 N–H and O–H groups in total. The second kappa shape index (κ2) is 10.8. The van der Waals surface area contributed by atoms with Crippen LogP contribution in [0.25, 0.3) is 11.0 Å². The van der Waals surface area contributed by atoms with E-state index in [9.17, 15) is 9.59 Å². The first-order valence-electron chi connectivity index (χ1n) is 11.4. The van der Waals surface area contributed by atoms with E-state index in [1.165, 1.54) is 0 Å². The lowest BCUT2D eigenvalue weighted by Gasteiger charge is -2.13. The summed E-state index contributed by atoms with van der Waals surface area (Å²) in [6, 6.07) is 23.4. The van der Waals surface area contributed by atoms with Gasteiger partial charge in [0.25, 0.3) is 5.56 Å². The van der Waals surface area contributed by atoms with Gasteiger partial charge in [0.1, 0.15) is 18.1 Å². The fourth-order valence-electron chi connectivity index (χ4n) is 3.99. The van der Waals surface area contributed by atoms with Crippen molar-refractivity contribution in [2.45, 2.75) is 39.3 Å². The number of ether oxygens (including phenoxy) is 2. The van der Waals surface area contributed by atoms with Gasteiger partial charge in [-0.1, -0.05) is 54.1 Å². The van der Waals surface area contributed by atoms with Gasteiger partial charge in [0.05, 0.1) is 24.6 Å². The van der Waals surface area contributed by atoms with Crippen LogP contribution in [0.3, 0.4) is 0 Å². The highest BCUT2D eigenvalue weighted by Crippen LogP contribution is 2.20. The zero-order chi connectivity index (χ0) is 23.9. The summed E-state index contributed by atoms with van der Waals surface area (Å²) in [5.41, 5.74) is 4.77. The number of fused-ring (bicyclic) bond motifs is 1. The minimum atomic E-state index is -0.381. The average molecular weight is 457 g/mol. The third-order valence-corrected chi connectivity index (χ3v) is 5.78. The van der Waals surface area contributed by atoms with E-state index in [4.69, 9.17) is 9.47 Å². The highest BCUT2D eigenvalue weighted by atomic mass is 16.5. The monoisotopic (exact) mass is 456 g/mol. The maximum atomic E-state index is 13.2. The van der Waals surface area contributed by atoms with Crippen molar-refractivity contribution in [2.75, 3.05) is 7.11 Å². The van der Waals surface area contributed by atoms with E-state index in [0.717, 1.165) is 34.1 Å². The molecule has 0 radical (unpaired) electrons. The zero-order valence-electron chi connectivity index (χ0n) is 19.5. The maximum Gasteiger partial charge on any atom is 0.306 e. The van der Waals surface area contributed by atoms with Gasteiger partial charge in [0, 0.05) is 18.5 Å². The van der Waals surface area contributed by atoms with Crippen molar-refractivity contribution in [3.05, 3.63) is 106 Å². The molecule has 0 bridgehead atoms. The van der Waals surface area contributed by atoms with Gasteiger partial charge in [-0.3, -0.25) is 9.59 Å². The van der Waals surface area contributed by atoms with Gasteiger partial charge < -0.3 is 14.0 Å². The molecular formula is C28H28N2O4. The Labute approximate surface area is 198 Å². The van der Waals surface area contributed by atoms with Crippen LogP contribution in [0.4, 0.5) is 0 Å². The number of hydrogen-bond acceptors (Lipinski definition) is 5. The quantitative estimate of drug-likeness (QED) is 0.344. The lowest BCUT2D eigenvalue weighted by molar-refractivity contribution is -0.144. The summed E-state index contributed by atoms with van der Waals surface area (Å²) in [6.07, 6.45) is 1.03. The fourth-order valence-corrected chi connectivity index (χ4v) is 3.99. The number of esters is 1. The molecule has 0 saturated carbocycles. The smallest absolute Gasteiger partial charge is 0.306 e. The molecule has 4 rings (SSSR count). The van der Waals surface area contributed by atoms with Crippen LogP contribution in [0.5, 0.6) is 5.75 Å². The summed E-state index contributed by atoms with van der Waals surface area (Å²) in [5.74, 6) is 0.296. The van der Waals surface area contributed by atoms with Gasteiger partial charge >= 0.3 is 5.97 Å². The minimum absolute atomic E-state index is 0.0768. The number of carbonyl (C=O) groups excluding carboxylic acids is 1. The van der Waals surface area contributed by atoms with E-state index >= 15 is 0 Å². The number of rotatable bonds is 9. The van der Waals surface area contributed by atoms with E-state index in [1.54, 1.807) is 11.7 Å². The van der Waals surface area contributed by atoms with Gasteiger partial charge in [-0.15, -0.1) is 0 Å². The van der Waals surface area contributed by atoms with Crippen LogP contribution in [0.1, 0.15) is 28.8 Å². The van der Waals surface area contributed by atoms with Gasteiger partial charge in [-0.2, -0.15) is 0 Å². The molecule has 1 heterocycles. The Bertz CT molecular complexity index is 1350. The first-order chi connectivity index (χ1) is 16.5. The van der Waals surface area contributed by atoms with E-state index < -0.39 is 0 Å². The largest absolute Gasteiger partial charge is 0.496 e. The predicted molar refractivity (Wildman–Crippen MR) is 132 cm³/mol. The molecule has 0 unspecified atom stereocenters. The number of para-hydroxylation sites is 2. The normalized spacial score (nSPS) is 10.9. The van der Waals surface area contributed by atoms with Gasteiger partial charge in [-0.25, -0.2) is 4.98 Å². The lowest BCUT2D eigenvalue weighted by atomic mass is 10.1. The first-order valence-corrected chi connectivity index (χ1v) is 11.4.